The molecular weight excluding hydrogens is 334 g/mol. The van der Waals surface area contributed by atoms with Gasteiger partial charge in [0.1, 0.15) is 0 Å². The Kier molecular flexibility index (Phi) is 3.77. The molecule has 8 heteroatoms. The van der Waals surface area contributed by atoms with E-state index >= 15 is 0 Å². The molecule has 2 N–H and O–H groups in total. The summed E-state index contributed by atoms with van der Waals surface area (Å²) in [7, 11) is 0. The smallest absolute Gasteiger partial charge is 0.321 e. The van der Waals surface area contributed by atoms with Gasteiger partial charge in [-0.1, -0.05) is 11.6 Å². The van der Waals surface area contributed by atoms with Crippen LogP contribution in [0.25, 0.3) is 0 Å². The molecule has 2 saturated heterocycles. The van der Waals surface area contributed by atoms with E-state index in [4.69, 9.17) is 21.1 Å². The van der Waals surface area contributed by atoms with Crippen molar-refractivity contribution in [1.82, 2.24) is 4.90 Å². The lowest BCUT2D eigenvalue weighted by molar-refractivity contribution is -0.168. The number of carbonyl (C=O) groups excluding carboxylic acids is 2. The monoisotopic (exact) mass is 351 g/mol. The second-order valence-electron chi connectivity index (χ2n) is 6.37. The van der Waals surface area contributed by atoms with Gasteiger partial charge in [-0.15, -0.1) is 0 Å². The van der Waals surface area contributed by atoms with Crippen molar-refractivity contribution in [3.8, 4) is 5.75 Å². The third-order valence-electron chi connectivity index (χ3n) is 4.84. The van der Waals surface area contributed by atoms with Crippen molar-refractivity contribution in [1.29, 1.82) is 0 Å². The number of hydrogen-bond acceptors (Lipinski definition) is 4. The third-order valence-corrected chi connectivity index (χ3v) is 5.13. The summed E-state index contributed by atoms with van der Waals surface area (Å²) in [5.74, 6) is 0.181. The number of piperidine rings is 1. The lowest BCUT2D eigenvalue weighted by Crippen LogP contribution is -2.54. The van der Waals surface area contributed by atoms with E-state index in [1.165, 1.54) is 0 Å². The average molecular weight is 352 g/mol. The van der Waals surface area contributed by atoms with Gasteiger partial charge in [0.15, 0.2) is 12.4 Å². The van der Waals surface area contributed by atoms with Crippen molar-refractivity contribution in [3.63, 3.8) is 0 Å². The quantitative estimate of drug-likeness (QED) is 0.814. The van der Waals surface area contributed by atoms with Crippen LogP contribution >= 0.6 is 11.6 Å². The van der Waals surface area contributed by atoms with E-state index in [-0.39, 0.29) is 24.1 Å². The molecule has 0 aromatic heterocycles. The summed E-state index contributed by atoms with van der Waals surface area (Å²) in [6, 6.07) is 3.09. The molecule has 0 aliphatic carbocycles. The van der Waals surface area contributed by atoms with Crippen LogP contribution in [-0.4, -0.2) is 48.7 Å². The predicted octanol–water partition coefficient (Wildman–Crippen LogP) is 2.46. The molecule has 1 aromatic carbocycles. The van der Waals surface area contributed by atoms with Gasteiger partial charge in [-0.2, -0.15) is 0 Å². The van der Waals surface area contributed by atoms with Gasteiger partial charge in [0.25, 0.3) is 5.91 Å². The number of hydrogen-bond donors (Lipinski definition) is 2. The van der Waals surface area contributed by atoms with Crippen LogP contribution in [0.3, 0.4) is 0 Å². The number of amides is 3. The summed E-state index contributed by atoms with van der Waals surface area (Å²) in [6.45, 7) is 2.11. The molecule has 3 heterocycles. The number of carbonyl (C=O) groups is 2. The summed E-state index contributed by atoms with van der Waals surface area (Å²) in [5.41, 5.74) is 0.998. The normalized spacial score (nSPS) is 21.4. The SMILES string of the molecule is O=C1COc2c(Cl)cc(NC(=O)N3CCC4(CCO4)CC3)cc2N1. The van der Waals surface area contributed by atoms with Crippen LogP contribution in [0.4, 0.5) is 16.2 Å². The molecule has 24 heavy (non-hydrogen) atoms. The van der Waals surface area contributed by atoms with Crippen molar-refractivity contribution in [3.05, 3.63) is 17.2 Å². The summed E-state index contributed by atoms with van der Waals surface area (Å²) < 4.78 is 11.0. The molecule has 0 saturated carbocycles. The van der Waals surface area contributed by atoms with Gasteiger partial charge in [0.2, 0.25) is 0 Å². The fraction of sp³-hybridized carbons (Fsp3) is 0.500. The number of likely N-dealkylation sites (tertiary alicyclic amines) is 1. The fourth-order valence-corrected chi connectivity index (χ4v) is 3.61. The number of fused-ring (bicyclic) bond motifs is 1. The minimum absolute atomic E-state index is 0.00747. The number of anilines is 2. The van der Waals surface area contributed by atoms with E-state index in [0.717, 1.165) is 25.9 Å². The number of urea groups is 1. The van der Waals surface area contributed by atoms with Gasteiger partial charge in [-0.3, -0.25) is 4.79 Å². The van der Waals surface area contributed by atoms with E-state index in [0.29, 0.717) is 35.2 Å². The Morgan fingerprint density at radius 3 is 2.71 bits per heavy atom. The average Bonchev–Trinajstić information content (AvgIpc) is 2.53. The molecule has 2 fully saturated rings. The molecule has 4 rings (SSSR count). The number of halogens is 1. The molecule has 3 amide bonds. The highest BCUT2D eigenvalue weighted by atomic mass is 35.5. The van der Waals surface area contributed by atoms with Crippen LogP contribution in [-0.2, 0) is 9.53 Å². The Hall–Kier alpha value is -1.99. The van der Waals surface area contributed by atoms with Crippen molar-refractivity contribution >= 4 is 34.9 Å². The largest absolute Gasteiger partial charge is 0.480 e. The third kappa shape index (κ3) is 2.78. The molecule has 0 unspecified atom stereocenters. The first-order chi connectivity index (χ1) is 11.5. The Labute approximate surface area is 144 Å². The Morgan fingerprint density at radius 1 is 1.29 bits per heavy atom. The predicted molar refractivity (Wildman–Crippen MR) is 88.7 cm³/mol. The maximum Gasteiger partial charge on any atom is 0.321 e. The molecule has 7 nitrogen and oxygen atoms in total. The first-order valence-electron chi connectivity index (χ1n) is 8.01. The van der Waals surface area contributed by atoms with Crippen LogP contribution in [0.15, 0.2) is 12.1 Å². The summed E-state index contributed by atoms with van der Waals surface area (Å²) >= 11 is 6.17. The van der Waals surface area contributed by atoms with Gasteiger partial charge in [-0.25, -0.2) is 4.79 Å². The highest BCUT2D eigenvalue weighted by molar-refractivity contribution is 6.33. The van der Waals surface area contributed by atoms with E-state index in [1.54, 1.807) is 17.0 Å². The standard InChI is InChI=1S/C16H18ClN3O4/c17-11-7-10(8-12-14(11)23-9-13(21)19-12)18-15(22)20-4-1-16(2-5-20)3-6-24-16/h7-8H,1-6,9H2,(H,18,22)(H,19,21). The van der Waals surface area contributed by atoms with Gasteiger partial charge >= 0.3 is 6.03 Å². The van der Waals surface area contributed by atoms with E-state index in [9.17, 15) is 9.59 Å². The number of ether oxygens (including phenoxy) is 2. The fourth-order valence-electron chi connectivity index (χ4n) is 3.33. The second-order valence-corrected chi connectivity index (χ2v) is 6.78. The first-order valence-corrected chi connectivity index (χ1v) is 8.39. The number of nitrogens with zero attached hydrogens (tertiary/aromatic N) is 1. The van der Waals surface area contributed by atoms with Crippen LogP contribution in [0.1, 0.15) is 19.3 Å². The molecule has 0 atom stereocenters. The topological polar surface area (TPSA) is 79.9 Å². The molecule has 128 valence electrons. The van der Waals surface area contributed by atoms with E-state index in [1.807, 2.05) is 0 Å². The Bertz CT molecular complexity index is 695. The molecule has 0 bridgehead atoms. The summed E-state index contributed by atoms with van der Waals surface area (Å²) in [6.07, 6.45) is 2.83. The van der Waals surface area contributed by atoms with Crippen LogP contribution in [0.5, 0.6) is 5.75 Å². The molecular formula is C16H18ClN3O4. The molecule has 1 aromatic rings. The second kappa shape index (κ2) is 5.82. The molecule has 0 radical (unpaired) electrons. The minimum atomic E-state index is -0.246. The van der Waals surface area contributed by atoms with Crippen molar-refractivity contribution in [2.24, 2.45) is 0 Å². The van der Waals surface area contributed by atoms with Gasteiger partial charge < -0.3 is 25.0 Å². The lowest BCUT2D eigenvalue weighted by Gasteiger charge is -2.47. The Balaban J connectivity index is 1.43. The summed E-state index contributed by atoms with van der Waals surface area (Å²) in [4.78, 5) is 25.6. The highest BCUT2D eigenvalue weighted by Gasteiger charge is 2.41. The van der Waals surface area contributed by atoms with Crippen LogP contribution in [0, 0.1) is 0 Å². The number of nitrogens with one attached hydrogen (secondary N) is 2. The van der Waals surface area contributed by atoms with Crippen molar-refractivity contribution in [2.45, 2.75) is 24.9 Å². The maximum absolute atomic E-state index is 12.4. The zero-order valence-electron chi connectivity index (χ0n) is 13.1. The minimum Gasteiger partial charge on any atom is -0.480 e. The van der Waals surface area contributed by atoms with E-state index < -0.39 is 0 Å². The van der Waals surface area contributed by atoms with Gasteiger partial charge in [-0.05, 0) is 31.4 Å². The Morgan fingerprint density at radius 2 is 2.04 bits per heavy atom. The maximum atomic E-state index is 12.4. The number of rotatable bonds is 1. The molecule has 3 aliphatic heterocycles. The summed E-state index contributed by atoms with van der Waals surface area (Å²) in [5, 5.41) is 5.88. The van der Waals surface area contributed by atoms with Gasteiger partial charge in [0, 0.05) is 18.8 Å². The molecule has 1 spiro atoms. The first kappa shape index (κ1) is 15.5. The van der Waals surface area contributed by atoms with Crippen LogP contribution in [0.2, 0.25) is 5.02 Å². The zero-order chi connectivity index (χ0) is 16.7. The number of benzene rings is 1. The van der Waals surface area contributed by atoms with Crippen LogP contribution < -0.4 is 15.4 Å². The highest BCUT2D eigenvalue weighted by Crippen LogP contribution is 2.39. The van der Waals surface area contributed by atoms with Crippen molar-refractivity contribution < 1.29 is 19.1 Å². The van der Waals surface area contributed by atoms with Gasteiger partial charge in [0.05, 0.1) is 22.9 Å². The zero-order valence-corrected chi connectivity index (χ0v) is 13.8. The van der Waals surface area contributed by atoms with E-state index in [2.05, 4.69) is 10.6 Å². The lowest BCUT2D eigenvalue weighted by atomic mass is 9.84. The van der Waals surface area contributed by atoms with Crippen molar-refractivity contribution in [2.75, 3.05) is 36.9 Å². The molecule has 3 aliphatic rings.